The van der Waals surface area contributed by atoms with Crippen LogP contribution in [0.15, 0.2) is 0 Å². The van der Waals surface area contributed by atoms with Crippen LogP contribution < -0.4 is 5.32 Å². The first-order valence-corrected chi connectivity index (χ1v) is 6.52. The van der Waals surface area contributed by atoms with Crippen LogP contribution in [-0.2, 0) is 13.0 Å². The average Bonchev–Trinajstić information content (AvgIpc) is 3.14. The second kappa shape index (κ2) is 6.05. The van der Waals surface area contributed by atoms with Crippen molar-refractivity contribution in [3.8, 4) is 0 Å². The molecule has 1 aromatic rings. The third-order valence-corrected chi connectivity index (χ3v) is 3.59. The lowest BCUT2D eigenvalue weighted by atomic mass is 10.1. The second-order valence-electron chi connectivity index (χ2n) is 5.04. The lowest BCUT2D eigenvalue weighted by Gasteiger charge is -2.22. The summed E-state index contributed by atoms with van der Waals surface area (Å²) in [7, 11) is 0. The monoisotopic (exact) mass is 306 g/mol. The highest BCUT2D eigenvalue weighted by Crippen LogP contribution is 2.29. The van der Waals surface area contributed by atoms with Gasteiger partial charge in [-0.05, 0) is 12.8 Å². The molecule has 2 heterocycles. The predicted octanol–water partition coefficient (Wildman–Crippen LogP) is 1.35. The zero-order valence-corrected chi connectivity index (χ0v) is 11.7. The molecule has 20 heavy (non-hydrogen) atoms. The molecule has 0 saturated heterocycles. The van der Waals surface area contributed by atoms with Gasteiger partial charge in [-0.1, -0.05) is 0 Å². The quantitative estimate of drug-likeness (QED) is 0.882. The van der Waals surface area contributed by atoms with Crippen LogP contribution in [0.2, 0.25) is 0 Å². The van der Waals surface area contributed by atoms with Crippen LogP contribution in [0.5, 0.6) is 0 Å². The number of H-pyrrole nitrogens is 1. The van der Waals surface area contributed by atoms with Gasteiger partial charge in [0.1, 0.15) is 0 Å². The van der Waals surface area contributed by atoms with Crippen molar-refractivity contribution in [2.75, 3.05) is 13.1 Å². The molecule has 1 fully saturated rings. The Morgan fingerprint density at radius 2 is 2.20 bits per heavy atom. The average molecular weight is 307 g/mol. The van der Waals surface area contributed by atoms with Gasteiger partial charge in [0.2, 0.25) is 0 Å². The van der Waals surface area contributed by atoms with Gasteiger partial charge in [-0.2, -0.15) is 5.10 Å². The molecule has 0 atom stereocenters. The van der Waals surface area contributed by atoms with E-state index in [1.54, 1.807) is 0 Å². The van der Waals surface area contributed by atoms with Gasteiger partial charge >= 0.3 is 0 Å². The largest absolute Gasteiger partial charge is 0.329 e. The minimum Gasteiger partial charge on any atom is -0.329 e. The van der Waals surface area contributed by atoms with Gasteiger partial charge in [-0.15, -0.1) is 12.4 Å². The third-order valence-electron chi connectivity index (χ3n) is 3.59. The Hall–Kier alpha value is -1.21. The van der Waals surface area contributed by atoms with E-state index >= 15 is 0 Å². The Labute approximate surface area is 121 Å². The highest BCUT2D eigenvalue weighted by atomic mass is 35.5. The molecule has 0 unspecified atom stereocenters. The van der Waals surface area contributed by atoms with E-state index in [9.17, 15) is 13.6 Å². The highest BCUT2D eigenvalue weighted by Gasteiger charge is 2.37. The molecule has 0 radical (unpaired) electrons. The Kier molecular flexibility index (Phi) is 4.59. The van der Waals surface area contributed by atoms with E-state index in [2.05, 4.69) is 15.5 Å². The Bertz CT molecular complexity index is 490. The Morgan fingerprint density at radius 1 is 1.45 bits per heavy atom. The van der Waals surface area contributed by atoms with Crippen molar-refractivity contribution >= 4 is 18.3 Å². The molecular formula is C12H17ClF2N4O. The van der Waals surface area contributed by atoms with Gasteiger partial charge in [0, 0.05) is 36.8 Å². The number of alkyl halides is 2. The summed E-state index contributed by atoms with van der Waals surface area (Å²) < 4.78 is 25.2. The molecule has 2 N–H and O–H groups in total. The summed E-state index contributed by atoms with van der Waals surface area (Å²) in [6, 6.07) is -0.0367. The van der Waals surface area contributed by atoms with Gasteiger partial charge in [0.05, 0.1) is 6.54 Å². The zero-order chi connectivity index (χ0) is 13.4. The van der Waals surface area contributed by atoms with E-state index in [0.29, 0.717) is 12.2 Å². The fourth-order valence-electron chi connectivity index (χ4n) is 2.47. The van der Waals surface area contributed by atoms with E-state index in [0.717, 1.165) is 37.1 Å². The maximum absolute atomic E-state index is 12.6. The minimum absolute atomic E-state index is 0. The van der Waals surface area contributed by atoms with Gasteiger partial charge in [0.25, 0.3) is 12.3 Å². The summed E-state index contributed by atoms with van der Waals surface area (Å²) in [5, 5.41) is 10.1. The van der Waals surface area contributed by atoms with Crippen LogP contribution in [0.4, 0.5) is 8.78 Å². The molecule has 0 aromatic carbocycles. The Morgan fingerprint density at radius 3 is 2.85 bits per heavy atom. The lowest BCUT2D eigenvalue weighted by Crippen LogP contribution is -2.38. The number of halogens is 3. The highest BCUT2D eigenvalue weighted by molar-refractivity contribution is 5.94. The fourth-order valence-corrected chi connectivity index (χ4v) is 2.47. The maximum Gasteiger partial charge on any atom is 0.275 e. The molecule has 1 aromatic heterocycles. The molecule has 0 bridgehead atoms. The van der Waals surface area contributed by atoms with Crippen LogP contribution in [0.3, 0.4) is 0 Å². The van der Waals surface area contributed by atoms with Crippen LogP contribution >= 0.6 is 12.4 Å². The number of hydrogen-bond acceptors (Lipinski definition) is 3. The number of carbonyl (C=O) groups excluding carboxylic acids is 1. The molecule has 112 valence electrons. The van der Waals surface area contributed by atoms with Crippen LogP contribution in [0.1, 0.15) is 34.6 Å². The molecule has 3 rings (SSSR count). The van der Waals surface area contributed by atoms with E-state index in [1.807, 2.05) is 0 Å². The van der Waals surface area contributed by atoms with Crippen LogP contribution in [0, 0.1) is 0 Å². The second-order valence-corrected chi connectivity index (χ2v) is 5.04. The summed E-state index contributed by atoms with van der Waals surface area (Å²) in [5.74, 6) is -0.371. The number of nitrogens with zero attached hydrogens (tertiary/aromatic N) is 2. The van der Waals surface area contributed by atoms with Crippen molar-refractivity contribution < 1.29 is 13.6 Å². The maximum atomic E-state index is 12.6. The zero-order valence-electron chi connectivity index (χ0n) is 10.9. The van der Waals surface area contributed by atoms with E-state index in [-0.39, 0.29) is 24.4 Å². The van der Waals surface area contributed by atoms with E-state index in [1.165, 1.54) is 4.90 Å². The molecule has 1 saturated carbocycles. The summed E-state index contributed by atoms with van der Waals surface area (Å²) in [6.07, 6.45) is -0.0991. The summed E-state index contributed by atoms with van der Waals surface area (Å²) >= 11 is 0. The van der Waals surface area contributed by atoms with Crippen molar-refractivity contribution in [3.63, 3.8) is 0 Å². The van der Waals surface area contributed by atoms with Crippen LogP contribution in [-0.4, -0.2) is 46.6 Å². The number of hydrogen-bond donors (Lipinski definition) is 2. The van der Waals surface area contributed by atoms with Gasteiger partial charge in [-0.3, -0.25) is 9.89 Å². The topological polar surface area (TPSA) is 61.0 Å². The third kappa shape index (κ3) is 2.93. The molecule has 2 aliphatic rings. The molecule has 5 nitrogen and oxygen atoms in total. The van der Waals surface area contributed by atoms with Crippen molar-refractivity contribution in [2.45, 2.75) is 38.3 Å². The first kappa shape index (κ1) is 15.2. The van der Waals surface area contributed by atoms with Crippen molar-refractivity contribution in [1.29, 1.82) is 0 Å². The smallest absolute Gasteiger partial charge is 0.275 e. The lowest BCUT2D eigenvalue weighted by molar-refractivity contribution is 0.0528. The number of aromatic nitrogens is 2. The summed E-state index contributed by atoms with van der Waals surface area (Å²) in [4.78, 5) is 13.7. The fraction of sp³-hybridized carbons (Fsp3) is 0.667. The number of fused-ring (bicyclic) bond motifs is 1. The summed E-state index contributed by atoms with van der Waals surface area (Å²) in [6.45, 7) is 0.908. The predicted molar refractivity (Wildman–Crippen MR) is 71.3 cm³/mol. The first-order valence-electron chi connectivity index (χ1n) is 6.52. The van der Waals surface area contributed by atoms with Crippen molar-refractivity contribution in [1.82, 2.24) is 20.4 Å². The van der Waals surface area contributed by atoms with Crippen molar-refractivity contribution in [2.24, 2.45) is 0 Å². The summed E-state index contributed by atoms with van der Waals surface area (Å²) in [5.41, 5.74) is 2.07. The number of aromatic amines is 1. The van der Waals surface area contributed by atoms with Gasteiger partial charge in [-0.25, -0.2) is 8.78 Å². The molecular weight excluding hydrogens is 290 g/mol. The molecule has 1 aliphatic carbocycles. The normalized spacial score (nSPS) is 17.6. The Balaban J connectivity index is 0.00000147. The van der Waals surface area contributed by atoms with E-state index < -0.39 is 13.0 Å². The number of rotatable bonds is 4. The molecule has 8 heteroatoms. The van der Waals surface area contributed by atoms with Gasteiger partial charge < -0.3 is 10.2 Å². The number of carbonyl (C=O) groups is 1. The molecule has 1 amide bonds. The SMILES string of the molecule is Cl.O=C(c1n[nH]c2c1CNCC2)N(CC(F)F)C1CC1. The van der Waals surface area contributed by atoms with Crippen molar-refractivity contribution in [3.05, 3.63) is 17.0 Å². The van der Waals surface area contributed by atoms with E-state index in [4.69, 9.17) is 0 Å². The minimum atomic E-state index is -2.50. The number of nitrogens with one attached hydrogen (secondary N) is 2. The van der Waals surface area contributed by atoms with Crippen LogP contribution in [0.25, 0.3) is 0 Å². The molecule has 0 spiro atoms. The number of amides is 1. The standard InChI is InChI=1S/C12H16F2N4O.ClH/c13-10(14)6-18(7-1-2-7)12(19)11-8-5-15-4-3-9(8)16-17-11;/h7,10,15H,1-6H2,(H,16,17);1H. The first-order chi connectivity index (χ1) is 9.16. The van der Waals surface area contributed by atoms with Gasteiger partial charge in [0.15, 0.2) is 5.69 Å². The molecule has 1 aliphatic heterocycles.